The first-order valence-corrected chi connectivity index (χ1v) is 14.2. The Balaban J connectivity index is 0.000000771. The minimum atomic E-state index is -0.834. The number of benzene rings is 3. The van der Waals surface area contributed by atoms with E-state index in [9.17, 15) is 14.7 Å². The quantitative estimate of drug-likeness (QED) is 0.337. The van der Waals surface area contributed by atoms with Crippen LogP contribution in [-0.2, 0) is 22.6 Å². The van der Waals surface area contributed by atoms with Crippen molar-refractivity contribution in [1.29, 1.82) is 0 Å². The molecule has 0 saturated heterocycles. The SMILES string of the molecule is CC(C)(C)O.CSN1Cc2cc(N(C)C(C)=O)ccc2-c2c(C)c(-c3ccc(C)cc3)c(CC(=O)O)c(C)c21. The molecule has 39 heavy (non-hydrogen) atoms. The Labute approximate surface area is 236 Å². The van der Waals surface area contributed by atoms with Crippen LogP contribution in [0.25, 0.3) is 22.3 Å². The molecule has 3 aromatic carbocycles. The highest BCUT2D eigenvalue weighted by molar-refractivity contribution is 7.99. The average molecular weight is 549 g/mol. The van der Waals surface area contributed by atoms with Crippen molar-refractivity contribution in [2.45, 2.75) is 67.0 Å². The van der Waals surface area contributed by atoms with Crippen molar-refractivity contribution < 1.29 is 19.8 Å². The summed E-state index contributed by atoms with van der Waals surface area (Å²) >= 11 is 1.63. The van der Waals surface area contributed by atoms with Crippen molar-refractivity contribution in [3.63, 3.8) is 0 Å². The first kappa shape index (κ1) is 30.3. The molecule has 1 heterocycles. The fourth-order valence-electron chi connectivity index (χ4n) is 4.91. The van der Waals surface area contributed by atoms with Crippen LogP contribution in [0.15, 0.2) is 42.5 Å². The normalized spacial score (nSPS) is 12.2. The van der Waals surface area contributed by atoms with Gasteiger partial charge in [-0.15, -0.1) is 0 Å². The van der Waals surface area contributed by atoms with E-state index >= 15 is 0 Å². The maximum absolute atomic E-state index is 11.9. The second kappa shape index (κ2) is 11.8. The highest BCUT2D eigenvalue weighted by Crippen LogP contribution is 2.50. The average Bonchev–Trinajstić information content (AvgIpc) is 2.84. The van der Waals surface area contributed by atoms with Gasteiger partial charge in [0.25, 0.3) is 0 Å². The fraction of sp³-hybridized carbons (Fsp3) is 0.375. The summed E-state index contributed by atoms with van der Waals surface area (Å²) in [4.78, 5) is 25.5. The predicted octanol–water partition coefficient (Wildman–Crippen LogP) is 6.93. The minimum Gasteiger partial charge on any atom is -0.481 e. The molecule has 0 spiro atoms. The Bertz CT molecular complexity index is 1390. The van der Waals surface area contributed by atoms with Crippen LogP contribution in [0.5, 0.6) is 0 Å². The molecule has 0 saturated carbocycles. The number of carbonyl (C=O) groups is 2. The standard InChI is InChI=1S/C28H30N2O3S.C4H10O/c1-16-7-9-20(10-8-16)26-18(3)27-23-12-11-22(29(5)19(4)31)13-21(23)15-30(34-6)28(27)17(2)24(26)14-25(32)33;1-4(2,3)5/h7-13H,14-15H2,1-6H3,(H,32,33);5H,1-3H3. The molecule has 7 heteroatoms. The number of nitrogens with zero attached hydrogens (tertiary/aromatic N) is 2. The molecule has 2 N–H and O–H groups in total. The molecule has 208 valence electrons. The summed E-state index contributed by atoms with van der Waals surface area (Å²) in [6.07, 6.45) is 2.01. The van der Waals surface area contributed by atoms with E-state index in [1.165, 1.54) is 0 Å². The molecule has 3 aromatic rings. The summed E-state index contributed by atoms with van der Waals surface area (Å²) < 4.78 is 2.24. The van der Waals surface area contributed by atoms with Crippen LogP contribution in [0.4, 0.5) is 11.4 Å². The Morgan fingerprint density at radius 2 is 1.59 bits per heavy atom. The fourth-order valence-corrected chi connectivity index (χ4v) is 5.59. The highest BCUT2D eigenvalue weighted by Gasteiger charge is 2.30. The van der Waals surface area contributed by atoms with Gasteiger partial charge in [0.1, 0.15) is 0 Å². The molecule has 0 bridgehead atoms. The van der Waals surface area contributed by atoms with Gasteiger partial charge in [0.05, 0.1) is 24.3 Å². The number of hydrogen-bond donors (Lipinski definition) is 2. The second-order valence-electron chi connectivity index (χ2n) is 11.1. The number of rotatable bonds is 5. The van der Waals surface area contributed by atoms with Gasteiger partial charge in [-0.25, -0.2) is 0 Å². The van der Waals surface area contributed by atoms with Crippen LogP contribution in [0.3, 0.4) is 0 Å². The van der Waals surface area contributed by atoms with Crippen LogP contribution in [0.1, 0.15) is 55.5 Å². The molecule has 0 fully saturated rings. The van der Waals surface area contributed by atoms with Gasteiger partial charge in [-0.05, 0) is 92.6 Å². The minimum absolute atomic E-state index is 0.00937. The lowest BCUT2D eigenvalue weighted by Gasteiger charge is -2.36. The zero-order valence-corrected chi connectivity index (χ0v) is 25.3. The predicted molar refractivity (Wildman–Crippen MR) is 164 cm³/mol. The van der Waals surface area contributed by atoms with Crippen molar-refractivity contribution in [3.8, 4) is 22.3 Å². The highest BCUT2D eigenvalue weighted by atomic mass is 32.2. The summed E-state index contributed by atoms with van der Waals surface area (Å²) in [5.74, 6) is -0.843. The molecular weight excluding hydrogens is 508 g/mol. The number of amides is 1. The van der Waals surface area contributed by atoms with Crippen LogP contribution >= 0.6 is 11.9 Å². The molecule has 0 aliphatic carbocycles. The number of fused-ring (bicyclic) bond motifs is 3. The first-order chi connectivity index (χ1) is 18.1. The number of hydrogen-bond acceptors (Lipinski definition) is 5. The Morgan fingerprint density at radius 1 is 1.00 bits per heavy atom. The largest absolute Gasteiger partial charge is 0.481 e. The van der Waals surface area contributed by atoms with Crippen molar-refractivity contribution in [3.05, 3.63) is 70.3 Å². The summed E-state index contributed by atoms with van der Waals surface area (Å²) in [5, 5.41) is 18.3. The Kier molecular flexibility index (Phi) is 9.19. The van der Waals surface area contributed by atoms with Gasteiger partial charge in [0.2, 0.25) is 5.91 Å². The van der Waals surface area contributed by atoms with E-state index in [0.717, 1.165) is 61.4 Å². The molecule has 6 nitrogen and oxygen atoms in total. The van der Waals surface area contributed by atoms with Gasteiger partial charge in [-0.3, -0.25) is 9.59 Å². The van der Waals surface area contributed by atoms with Gasteiger partial charge in [0.15, 0.2) is 0 Å². The van der Waals surface area contributed by atoms with E-state index in [0.29, 0.717) is 6.54 Å². The lowest BCUT2D eigenvalue weighted by molar-refractivity contribution is -0.136. The zero-order valence-electron chi connectivity index (χ0n) is 24.5. The van der Waals surface area contributed by atoms with Crippen LogP contribution in [-0.4, -0.2) is 41.0 Å². The number of carboxylic acid groups (broad SMARTS) is 1. The van der Waals surface area contributed by atoms with E-state index < -0.39 is 11.6 Å². The van der Waals surface area contributed by atoms with Crippen molar-refractivity contribution >= 4 is 35.2 Å². The van der Waals surface area contributed by atoms with Crippen LogP contribution in [0.2, 0.25) is 0 Å². The number of carbonyl (C=O) groups excluding carboxylic acids is 1. The van der Waals surface area contributed by atoms with Gasteiger partial charge < -0.3 is 19.4 Å². The lowest BCUT2D eigenvalue weighted by Crippen LogP contribution is -2.25. The summed E-state index contributed by atoms with van der Waals surface area (Å²) in [6.45, 7) is 13.7. The van der Waals surface area contributed by atoms with Crippen molar-refractivity contribution in [2.75, 3.05) is 22.5 Å². The van der Waals surface area contributed by atoms with E-state index in [1.54, 1.807) is 51.6 Å². The zero-order chi connectivity index (χ0) is 29.2. The van der Waals surface area contributed by atoms with E-state index in [-0.39, 0.29) is 12.3 Å². The maximum atomic E-state index is 11.9. The number of aryl methyl sites for hydroxylation is 1. The number of aliphatic hydroxyl groups is 1. The molecular formula is C32H40N2O4S. The maximum Gasteiger partial charge on any atom is 0.307 e. The summed E-state index contributed by atoms with van der Waals surface area (Å²) in [7, 11) is 1.79. The number of carboxylic acids is 1. The number of aliphatic carboxylic acids is 1. The second-order valence-corrected chi connectivity index (χ2v) is 11.9. The van der Waals surface area contributed by atoms with Crippen molar-refractivity contribution in [2.24, 2.45) is 0 Å². The molecule has 1 aliphatic heterocycles. The van der Waals surface area contributed by atoms with E-state index in [1.807, 2.05) is 19.2 Å². The van der Waals surface area contributed by atoms with Crippen molar-refractivity contribution in [1.82, 2.24) is 0 Å². The molecule has 0 radical (unpaired) electrons. The summed E-state index contributed by atoms with van der Waals surface area (Å²) in [5.41, 5.74) is 11.0. The molecule has 4 rings (SSSR count). The Hall–Kier alpha value is -3.29. The first-order valence-electron chi connectivity index (χ1n) is 13.0. The molecule has 0 unspecified atom stereocenters. The third kappa shape index (κ3) is 6.84. The van der Waals surface area contributed by atoms with E-state index in [4.69, 9.17) is 5.11 Å². The van der Waals surface area contributed by atoms with Gasteiger partial charge >= 0.3 is 5.97 Å². The molecule has 0 atom stereocenters. The van der Waals surface area contributed by atoms with Crippen LogP contribution < -0.4 is 9.21 Å². The monoisotopic (exact) mass is 548 g/mol. The third-order valence-corrected chi connectivity index (χ3v) is 7.52. The molecule has 1 amide bonds. The Morgan fingerprint density at radius 3 is 2.10 bits per heavy atom. The topological polar surface area (TPSA) is 81.1 Å². The smallest absolute Gasteiger partial charge is 0.307 e. The molecule has 0 aromatic heterocycles. The summed E-state index contributed by atoms with van der Waals surface area (Å²) in [6, 6.07) is 14.5. The lowest BCUT2D eigenvalue weighted by atomic mass is 9.81. The third-order valence-electron chi connectivity index (χ3n) is 6.77. The van der Waals surface area contributed by atoms with Gasteiger partial charge in [-0.1, -0.05) is 47.8 Å². The van der Waals surface area contributed by atoms with E-state index in [2.05, 4.69) is 54.6 Å². The van der Waals surface area contributed by atoms with Gasteiger partial charge in [0, 0.05) is 31.5 Å². The number of anilines is 2. The van der Waals surface area contributed by atoms with Crippen LogP contribution in [0, 0.1) is 20.8 Å². The van der Waals surface area contributed by atoms with Gasteiger partial charge in [-0.2, -0.15) is 0 Å². The molecule has 1 aliphatic rings.